The van der Waals surface area contributed by atoms with Crippen molar-refractivity contribution >= 4 is 5.91 Å². The van der Waals surface area contributed by atoms with Crippen molar-refractivity contribution in [1.29, 1.82) is 0 Å². The van der Waals surface area contributed by atoms with Gasteiger partial charge in [0, 0.05) is 31.9 Å². The molecule has 6 heteroatoms. The van der Waals surface area contributed by atoms with Gasteiger partial charge in [-0.2, -0.15) is 0 Å². The van der Waals surface area contributed by atoms with Crippen LogP contribution in [0.15, 0.2) is 6.07 Å². The van der Waals surface area contributed by atoms with E-state index in [0.29, 0.717) is 30.5 Å². The first-order chi connectivity index (χ1) is 12.0. The van der Waals surface area contributed by atoms with Crippen molar-refractivity contribution in [2.45, 2.75) is 25.7 Å². The number of ether oxygens (including phenoxy) is 1. The van der Waals surface area contributed by atoms with Gasteiger partial charge in [0.2, 0.25) is 5.88 Å². The van der Waals surface area contributed by atoms with Crippen LogP contribution in [0.25, 0.3) is 0 Å². The average molecular weight is 347 g/mol. The summed E-state index contributed by atoms with van der Waals surface area (Å²) in [7, 11) is 5.66. The van der Waals surface area contributed by atoms with Gasteiger partial charge < -0.3 is 19.6 Å². The number of carbonyl (C=O) groups excluding carboxylic acids is 1. The monoisotopic (exact) mass is 347 g/mol. The van der Waals surface area contributed by atoms with Gasteiger partial charge >= 0.3 is 0 Å². The summed E-state index contributed by atoms with van der Waals surface area (Å²) in [6, 6.07) is 1.97. The normalized spacial score (nSPS) is 23.0. The number of hydrogen-bond donors (Lipinski definition) is 1. The summed E-state index contributed by atoms with van der Waals surface area (Å²) in [6.45, 7) is 2.35. The molecular weight excluding hydrogens is 318 g/mol. The maximum absolute atomic E-state index is 13.2. The number of amides is 1. The third-order valence-electron chi connectivity index (χ3n) is 5.23. The fourth-order valence-electron chi connectivity index (χ4n) is 4.20. The maximum Gasteiger partial charge on any atom is 0.259 e. The quantitative estimate of drug-likeness (QED) is 0.867. The molecule has 0 radical (unpaired) electrons. The second kappa shape index (κ2) is 7.70. The number of aromatic nitrogens is 1. The molecule has 25 heavy (non-hydrogen) atoms. The van der Waals surface area contributed by atoms with Crippen molar-refractivity contribution in [2.75, 3.05) is 47.4 Å². The Morgan fingerprint density at radius 2 is 2.12 bits per heavy atom. The van der Waals surface area contributed by atoms with Gasteiger partial charge in [0.05, 0.1) is 7.11 Å². The van der Waals surface area contributed by atoms with Crippen LogP contribution in [0.3, 0.4) is 0 Å². The molecule has 2 atom stereocenters. The summed E-state index contributed by atoms with van der Waals surface area (Å²) in [5.41, 5.74) is 2.79. The Balaban J connectivity index is 1.83. The van der Waals surface area contributed by atoms with Crippen molar-refractivity contribution in [3.8, 4) is 5.88 Å². The number of methoxy groups -OCH3 is 1. The molecule has 6 nitrogen and oxygen atoms in total. The molecule has 1 aliphatic heterocycles. The third kappa shape index (κ3) is 3.96. The molecule has 138 valence electrons. The lowest BCUT2D eigenvalue weighted by Gasteiger charge is -2.38. The van der Waals surface area contributed by atoms with Crippen molar-refractivity contribution in [1.82, 2.24) is 14.8 Å². The number of aliphatic hydroxyl groups excluding tert-OH is 1. The van der Waals surface area contributed by atoms with Crippen LogP contribution < -0.4 is 4.74 Å². The Morgan fingerprint density at radius 1 is 1.36 bits per heavy atom. The highest BCUT2D eigenvalue weighted by Crippen LogP contribution is 2.29. The Labute approximate surface area is 149 Å². The van der Waals surface area contributed by atoms with Crippen LogP contribution in [-0.2, 0) is 12.8 Å². The van der Waals surface area contributed by atoms with Gasteiger partial charge in [-0.05, 0) is 63.2 Å². The number of pyridine rings is 1. The van der Waals surface area contributed by atoms with Gasteiger partial charge in [-0.15, -0.1) is 0 Å². The van der Waals surface area contributed by atoms with Crippen LogP contribution in [0.4, 0.5) is 0 Å². The first-order valence-electron chi connectivity index (χ1n) is 9.13. The van der Waals surface area contributed by atoms with Gasteiger partial charge in [0.25, 0.3) is 5.91 Å². The summed E-state index contributed by atoms with van der Waals surface area (Å²) in [5.74, 6) is 0.913. The van der Waals surface area contributed by atoms with Gasteiger partial charge in [0.15, 0.2) is 0 Å². The molecule has 1 aromatic heterocycles. The molecule has 0 bridgehead atoms. The highest BCUT2D eigenvalue weighted by molar-refractivity contribution is 5.96. The molecule has 1 aromatic rings. The minimum Gasteiger partial charge on any atom is -0.480 e. The number of aryl methyl sites for hydroxylation is 2. The van der Waals surface area contributed by atoms with E-state index < -0.39 is 0 Å². The van der Waals surface area contributed by atoms with Gasteiger partial charge in [-0.1, -0.05) is 0 Å². The number of rotatable bonds is 5. The fraction of sp³-hybridized carbons (Fsp3) is 0.684. The lowest BCUT2D eigenvalue weighted by atomic mass is 9.89. The molecule has 0 spiro atoms. The Kier molecular flexibility index (Phi) is 5.59. The average Bonchev–Trinajstić information content (AvgIpc) is 3.06. The molecule has 1 aliphatic carbocycles. The number of aliphatic hydroxyl groups is 1. The van der Waals surface area contributed by atoms with Crippen LogP contribution in [0.2, 0.25) is 0 Å². The van der Waals surface area contributed by atoms with Gasteiger partial charge in [-0.3, -0.25) is 4.79 Å². The standard InChI is InChI=1S/C19H29N3O3/c1-21(2)9-13-7-14(12-23)11-22(10-13)19(24)16-8-15-5-4-6-17(15)20-18(16)25-3/h8,13-14,23H,4-7,9-12H2,1-3H3/t13-,14+/m0/s1. The van der Waals surface area contributed by atoms with E-state index in [9.17, 15) is 9.90 Å². The number of piperidine rings is 1. The summed E-state index contributed by atoms with van der Waals surface area (Å²) < 4.78 is 5.41. The summed E-state index contributed by atoms with van der Waals surface area (Å²) >= 11 is 0. The Morgan fingerprint density at radius 3 is 2.80 bits per heavy atom. The third-order valence-corrected chi connectivity index (χ3v) is 5.23. The van der Waals surface area contributed by atoms with Crippen LogP contribution in [0.5, 0.6) is 5.88 Å². The van der Waals surface area contributed by atoms with E-state index in [4.69, 9.17) is 4.74 Å². The number of likely N-dealkylation sites (tertiary alicyclic amines) is 1. The van der Waals surface area contributed by atoms with E-state index in [0.717, 1.165) is 37.9 Å². The largest absolute Gasteiger partial charge is 0.480 e. The molecule has 0 unspecified atom stereocenters. The molecule has 1 N–H and O–H groups in total. The smallest absolute Gasteiger partial charge is 0.259 e. The molecule has 1 amide bonds. The van der Waals surface area contributed by atoms with Crippen molar-refractivity contribution in [2.24, 2.45) is 11.8 Å². The number of fused-ring (bicyclic) bond motifs is 1. The zero-order valence-electron chi connectivity index (χ0n) is 15.5. The van der Waals surface area contributed by atoms with Crippen LogP contribution in [0, 0.1) is 11.8 Å². The molecule has 0 saturated carbocycles. The molecule has 1 saturated heterocycles. The van der Waals surface area contributed by atoms with E-state index in [-0.39, 0.29) is 18.4 Å². The lowest BCUT2D eigenvalue weighted by Crippen LogP contribution is -2.47. The van der Waals surface area contributed by atoms with E-state index in [1.165, 1.54) is 5.56 Å². The zero-order chi connectivity index (χ0) is 18.0. The maximum atomic E-state index is 13.2. The molecule has 2 heterocycles. The molecule has 2 aliphatic rings. The summed E-state index contributed by atoms with van der Waals surface area (Å²) in [4.78, 5) is 21.8. The van der Waals surface area contributed by atoms with Crippen LogP contribution in [-0.4, -0.2) is 73.2 Å². The first kappa shape index (κ1) is 18.1. The topological polar surface area (TPSA) is 65.9 Å². The summed E-state index contributed by atoms with van der Waals surface area (Å²) in [6.07, 6.45) is 3.98. The van der Waals surface area contributed by atoms with Crippen molar-refractivity contribution < 1.29 is 14.6 Å². The number of nitrogens with zero attached hydrogens (tertiary/aromatic N) is 3. The second-order valence-electron chi connectivity index (χ2n) is 7.63. The predicted molar refractivity (Wildman–Crippen MR) is 96.0 cm³/mol. The lowest BCUT2D eigenvalue weighted by molar-refractivity contribution is 0.0474. The van der Waals surface area contributed by atoms with E-state index in [2.05, 4.69) is 9.88 Å². The molecule has 0 aromatic carbocycles. The molecule has 1 fully saturated rings. The van der Waals surface area contributed by atoms with E-state index in [1.807, 2.05) is 25.1 Å². The molecule has 3 rings (SSSR count). The first-order valence-corrected chi connectivity index (χ1v) is 9.13. The van der Waals surface area contributed by atoms with Gasteiger partial charge in [-0.25, -0.2) is 4.98 Å². The van der Waals surface area contributed by atoms with E-state index in [1.54, 1.807) is 7.11 Å². The second-order valence-corrected chi connectivity index (χ2v) is 7.63. The molecular formula is C19H29N3O3. The van der Waals surface area contributed by atoms with Crippen LogP contribution in [0.1, 0.15) is 34.5 Å². The number of carbonyl (C=O) groups is 1. The van der Waals surface area contributed by atoms with Crippen LogP contribution >= 0.6 is 0 Å². The fourth-order valence-corrected chi connectivity index (χ4v) is 4.20. The van der Waals surface area contributed by atoms with Gasteiger partial charge in [0.1, 0.15) is 5.56 Å². The minimum absolute atomic E-state index is 0.0269. The highest BCUT2D eigenvalue weighted by Gasteiger charge is 2.32. The Hall–Kier alpha value is -1.66. The zero-order valence-corrected chi connectivity index (χ0v) is 15.5. The minimum atomic E-state index is -0.0269. The SMILES string of the molecule is COc1nc2c(cc1C(=O)N1C[C@H](CO)C[C@@H](CN(C)C)C1)CCC2. The van der Waals surface area contributed by atoms with E-state index >= 15 is 0 Å². The Bertz CT molecular complexity index is 633. The summed E-state index contributed by atoms with van der Waals surface area (Å²) in [5, 5.41) is 9.65. The predicted octanol–water partition coefficient (Wildman–Crippen LogP) is 1.21. The number of hydrogen-bond acceptors (Lipinski definition) is 5. The highest BCUT2D eigenvalue weighted by atomic mass is 16.5. The van der Waals surface area contributed by atoms with Crippen molar-refractivity contribution in [3.63, 3.8) is 0 Å². The van der Waals surface area contributed by atoms with Crippen molar-refractivity contribution in [3.05, 3.63) is 22.9 Å².